The highest BCUT2D eigenvalue weighted by atomic mass is 15.5. The Morgan fingerprint density at radius 3 is 3.00 bits per heavy atom. The molecule has 0 spiro atoms. The predicted octanol–water partition coefficient (Wildman–Crippen LogP) is 1.02. The molecule has 1 heterocycles. The largest absolute Gasteiger partial charge is 0.324 e. The van der Waals surface area contributed by atoms with Crippen molar-refractivity contribution in [3.05, 3.63) is 23.5 Å². The molecule has 1 atom stereocenters. The standard InChI is InChI=1S/C10H17N3/c1-12(2)13-7-6-8-9(11)4-3-5-10(8)13/h6-7,9H,3-5,11H2,1-2H3. The van der Waals surface area contributed by atoms with Crippen molar-refractivity contribution < 1.29 is 0 Å². The van der Waals surface area contributed by atoms with Crippen LogP contribution in [0.2, 0.25) is 0 Å². The van der Waals surface area contributed by atoms with Gasteiger partial charge in [-0.05, 0) is 30.9 Å². The molecular weight excluding hydrogens is 162 g/mol. The Bertz CT molecular complexity index is 288. The Morgan fingerprint density at radius 1 is 1.54 bits per heavy atom. The number of hydrogen-bond acceptors (Lipinski definition) is 2. The highest BCUT2D eigenvalue weighted by Gasteiger charge is 2.20. The zero-order valence-electron chi connectivity index (χ0n) is 8.33. The van der Waals surface area contributed by atoms with Gasteiger partial charge < -0.3 is 10.7 Å². The lowest BCUT2D eigenvalue weighted by Gasteiger charge is -2.24. The summed E-state index contributed by atoms with van der Waals surface area (Å²) < 4.78 is 2.19. The van der Waals surface area contributed by atoms with Crippen LogP contribution >= 0.6 is 0 Å². The summed E-state index contributed by atoms with van der Waals surface area (Å²) in [7, 11) is 4.11. The van der Waals surface area contributed by atoms with Gasteiger partial charge in [-0.3, -0.25) is 4.68 Å². The molecule has 1 aliphatic rings. The minimum atomic E-state index is 0.255. The van der Waals surface area contributed by atoms with Crippen LogP contribution in [0, 0.1) is 0 Å². The van der Waals surface area contributed by atoms with Crippen molar-refractivity contribution in [3.63, 3.8) is 0 Å². The maximum atomic E-state index is 6.03. The molecule has 1 aromatic heterocycles. The number of rotatable bonds is 1. The van der Waals surface area contributed by atoms with Crippen molar-refractivity contribution in [2.75, 3.05) is 19.1 Å². The SMILES string of the molecule is CN(C)n1ccc2c1CCCC2N. The first kappa shape index (κ1) is 8.63. The summed E-state index contributed by atoms with van der Waals surface area (Å²) in [6.45, 7) is 0. The van der Waals surface area contributed by atoms with Gasteiger partial charge in [0.25, 0.3) is 0 Å². The fourth-order valence-electron chi connectivity index (χ4n) is 2.09. The van der Waals surface area contributed by atoms with E-state index in [1.807, 2.05) is 0 Å². The number of fused-ring (bicyclic) bond motifs is 1. The first-order chi connectivity index (χ1) is 6.20. The summed E-state index contributed by atoms with van der Waals surface area (Å²) in [5, 5.41) is 2.09. The van der Waals surface area contributed by atoms with Crippen molar-refractivity contribution in [2.24, 2.45) is 5.73 Å². The molecule has 13 heavy (non-hydrogen) atoms. The lowest BCUT2D eigenvalue weighted by Crippen LogP contribution is -2.28. The normalized spacial score (nSPS) is 21.3. The average Bonchev–Trinajstić information content (AvgIpc) is 2.48. The van der Waals surface area contributed by atoms with Gasteiger partial charge in [-0.2, -0.15) is 0 Å². The maximum Gasteiger partial charge on any atom is 0.0443 e. The first-order valence-electron chi connectivity index (χ1n) is 4.83. The van der Waals surface area contributed by atoms with E-state index in [0.29, 0.717) is 0 Å². The van der Waals surface area contributed by atoms with Gasteiger partial charge in [-0.25, -0.2) is 0 Å². The Hall–Kier alpha value is -0.960. The van der Waals surface area contributed by atoms with Gasteiger partial charge in [-0.15, -0.1) is 0 Å². The van der Waals surface area contributed by atoms with E-state index < -0.39 is 0 Å². The van der Waals surface area contributed by atoms with Crippen LogP contribution < -0.4 is 10.7 Å². The molecule has 3 heteroatoms. The topological polar surface area (TPSA) is 34.2 Å². The van der Waals surface area contributed by atoms with E-state index in [9.17, 15) is 0 Å². The van der Waals surface area contributed by atoms with Crippen LogP contribution in [-0.4, -0.2) is 18.8 Å². The minimum Gasteiger partial charge on any atom is -0.324 e. The van der Waals surface area contributed by atoms with E-state index in [4.69, 9.17) is 5.73 Å². The summed E-state index contributed by atoms with van der Waals surface area (Å²) in [6, 6.07) is 2.41. The van der Waals surface area contributed by atoms with Crippen LogP contribution in [0.4, 0.5) is 0 Å². The van der Waals surface area contributed by atoms with Crippen molar-refractivity contribution >= 4 is 0 Å². The first-order valence-corrected chi connectivity index (χ1v) is 4.83. The van der Waals surface area contributed by atoms with Crippen LogP contribution in [0.5, 0.6) is 0 Å². The molecule has 0 aromatic carbocycles. The van der Waals surface area contributed by atoms with Gasteiger partial charge in [0, 0.05) is 32.0 Å². The third-order valence-electron chi connectivity index (χ3n) is 2.76. The fourth-order valence-corrected chi connectivity index (χ4v) is 2.09. The monoisotopic (exact) mass is 179 g/mol. The molecule has 0 bridgehead atoms. The quantitative estimate of drug-likeness (QED) is 0.698. The zero-order chi connectivity index (χ0) is 9.42. The molecule has 0 saturated heterocycles. The van der Waals surface area contributed by atoms with E-state index in [0.717, 1.165) is 12.8 Å². The van der Waals surface area contributed by atoms with Crippen LogP contribution in [0.25, 0.3) is 0 Å². The Labute approximate surface area is 79.1 Å². The predicted molar refractivity (Wildman–Crippen MR) is 54.4 cm³/mol. The number of aromatic nitrogens is 1. The zero-order valence-corrected chi connectivity index (χ0v) is 8.33. The van der Waals surface area contributed by atoms with Crippen molar-refractivity contribution in [2.45, 2.75) is 25.3 Å². The second-order valence-electron chi connectivity index (χ2n) is 3.91. The molecule has 0 amide bonds. The third kappa shape index (κ3) is 1.33. The second kappa shape index (κ2) is 3.07. The number of nitrogens with two attached hydrogens (primary N) is 1. The van der Waals surface area contributed by atoms with Gasteiger partial charge in [0.15, 0.2) is 0 Å². The van der Waals surface area contributed by atoms with E-state index in [2.05, 4.69) is 36.0 Å². The number of nitrogens with zero attached hydrogens (tertiary/aromatic N) is 2. The minimum absolute atomic E-state index is 0.255. The maximum absolute atomic E-state index is 6.03. The molecule has 3 nitrogen and oxygen atoms in total. The molecule has 0 fully saturated rings. The van der Waals surface area contributed by atoms with Crippen molar-refractivity contribution in [1.29, 1.82) is 0 Å². The Kier molecular flexibility index (Phi) is 2.04. The smallest absolute Gasteiger partial charge is 0.0443 e. The molecule has 0 saturated carbocycles. The lowest BCUT2D eigenvalue weighted by atomic mass is 9.94. The van der Waals surface area contributed by atoms with Crippen LogP contribution in [0.1, 0.15) is 30.1 Å². The molecule has 2 N–H and O–H groups in total. The molecule has 1 aromatic rings. The van der Waals surface area contributed by atoms with Crippen molar-refractivity contribution in [3.8, 4) is 0 Å². The van der Waals surface area contributed by atoms with E-state index in [-0.39, 0.29) is 6.04 Å². The van der Waals surface area contributed by atoms with Gasteiger partial charge >= 0.3 is 0 Å². The highest BCUT2D eigenvalue weighted by molar-refractivity contribution is 5.29. The summed E-state index contributed by atoms with van der Waals surface area (Å²) in [6.07, 6.45) is 5.61. The van der Waals surface area contributed by atoms with E-state index in [1.165, 1.54) is 17.7 Å². The number of hydrogen-bond donors (Lipinski definition) is 1. The molecule has 2 rings (SSSR count). The highest BCUT2D eigenvalue weighted by Crippen LogP contribution is 2.28. The summed E-state index contributed by atoms with van der Waals surface area (Å²) in [4.78, 5) is 0. The van der Waals surface area contributed by atoms with Crippen LogP contribution in [-0.2, 0) is 6.42 Å². The van der Waals surface area contributed by atoms with Gasteiger partial charge in [0.1, 0.15) is 0 Å². The van der Waals surface area contributed by atoms with E-state index >= 15 is 0 Å². The average molecular weight is 179 g/mol. The second-order valence-corrected chi connectivity index (χ2v) is 3.91. The molecule has 1 aliphatic carbocycles. The summed E-state index contributed by atoms with van der Waals surface area (Å²) in [5.41, 5.74) is 8.75. The summed E-state index contributed by atoms with van der Waals surface area (Å²) in [5.74, 6) is 0. The van der Waals surface area contributed by atoms with Gasteiger partial charge in [-0.1, -0.05) is 0 Å². The molecule has 1 unspecified atom stereocenters. The van der Waals surface area contributed by atoms with Gasteiger partial charge in [0.05, 0.1) is 0 Å². The molecule has 0 aliphatic heterocycles. The van der Waals surface area contributed by atoms with Crippen LogP contribution in [0.3, 0.4) is 0 Å². The van der Waals surface area contributed by atoms with Crippen LogP contribution in [0.15, 0.2) is 12.3 Å². The Balaban J connectivity index is 2.41. The molecule has 0 radical (unpaired) electrons. The molecule has 72 valence electrons. The third-order valence-corrected chi connectivity index (χ3v) is 2.76. The molecular formula is C10H17N3. The fraction of sp³-hybridized carbons (Fsp3) is 0.600. The van der Waals surface area contributed by atoms with Gasteiger partial charge in [0.2, 0.25) is 0 Å². The van der Waals surface area contributed by atoms with Crippen molar-refractivity contribution in [1.82, 2.24) is 4.68 Å². The Morgan fingerprint density at radius 2 is 2.31 bits per heavy atom. The lowest BCUT2D eigenvalue weighted by molar-refractivity contribution is 0.542. The summed E-state index contributed by atoms with van der Waals surface area (Å²) >= 11 is 0. The van der Waals surface area contributed by atoms with E-state index in [1.54, 1.807) is 0 Å².